The van der Waals surface area contributed by atoms with E-state index in [1.54, 1.807) is 30.3 Å². The van der Waals surface area contributed by atoms with E-state index in [2.05, 4.69) is 10.1 Å². The smallest absolute Gasteiger partial charge is 0.262 e. The van der Waals surface area contributed by atoms with Gasteiger partial charge in [-0.05, 0) is 24.3 Å². The van der Waals surface area contributed by atoms with E-state index in [4.69, 9.17) is 10.3 Å². The Morgan fingerprint density at radius 1 is 0.950 bits per heavy atom. The average Bonchev–Trinajstić information content (AvgIpc) is 2.88. The second-order valence-corrected chi connectivity index (χ2v) is 4.22. The van der Waals surface area contributed by atoms with Gasteiger partial charge in [0, 0.05) is 11.8 Å². The Labute approximate surface area is 114 Å². The number of anilines is 1. The van der Waals surface area contributed by atoms with Crippen LogP contribution in [0.2, 0.25) is 0 Å². The first-order chi connectivity index (χ1) is 9.65. The van der Waals surface area contributed by atoms with Crippen LogP contribution in [0.4, 0.5) is 5.69 Å². The number of rotatable bonds is 2. The Hall–Kier alpha value is -3.02. The van der Waals surface area contributed by atoms with Crippen LogP contribution in [0.1, 0.15) is 0 Å². The predicted molar refractivity (Wildman–Crippen MR) is 72.9 cm³/mol. The number of aromatic hydroxyl groups is 2. The summed E-state index contributed by atoms with van der Waals surface area (Å²) >= 11 is 0. The number of phenols is 2. The summed E-state index contributed by atoms with van der Waals surface area (Å²) in [6.45, 7) is 0. The van der Waals surface area contributed by atoms with E-state index in [1.807, 2.05) is 0 Å². The van der Waals surface area contributed by atoms with Crippen LogP contribution >= 0.6 is 0 Å². The van der Waals surface area contributed by atoms with Crippen LogP contribution in [0, 0.1) is 0 Å². The molecule has 0 bridgehead atoms. The average molecular weight is 269 g/mol. The van der Waals surface area contributed by atoms with E-state index in [0.717, 1.165) is 0 Å². The fourth-order valence-corrected chi connectivity index (χ4v) is 1.83. The van der Waals surface area contributed by atoms with Crippen LogP contribution in [0.5, 0.6) is 11.5 Å². The highest BCUT2D eigenvalue weighted by Gasteiger charge is 2.15. The van der Waals surface area contributed by atoms with Gasteiger partial charge >= 0.3 is 0 Å². The van der Waals surface area contributed by atoms with Crippen LogP contribution in [0.15, 0.2) is 47.0 Å². The number of nitrogens with two attached hydrogens (primary N) is 1. The minimum Gasteiger partial charge on any atom is -0.507 e. The monoisotopic (exact) mass is 269 g/mol. The molecule has 0 unspecified atom stereocenters. The zero-order valence-corrected chi connectivity index (χ0v) is 10.3. The SMILES string of the molecule is Nc1ccc(-c2nc(-c3ccccc3O)no2)c(O)c1. The van der Waals surface area contributed by atoms with Gasteiger partial charge in [0.1, 0.15) is 11.5 Å². The maximum absolute atomic E-state index is 9.82. The van der Waals surface area contributed by atoms with Gasteiger partial charge < -0.3 is 20.5 Å². The Kier molecular flexibility index (Phi) is 2.76. The van der Waals surface area contributed by atoms with Crippen molar-refractivity contribution in [2.75, 3.05) is 5.73 Å². The zero-order valence-electron chi connectivity index (χ0n) is 10.3. The first-order valence-corrected chi connectivity index (χ1v) is 5.86. The summed E-state index contributed by atoms with van der Waals surface area (Å²) < 4.78 is 5.11. The number of aromatic nitrogens is 2. The van der Waals surface area contributed by atoms with Crippen LogP contribution in [0.3, 0.4) is 0 Å². The molecule has 0 aliphatic carbocycles. The fraction of sp³-hybridized carbons (Fsp3) is 0. The molecule has 6 heteroatoms. The van der Waals surface area contributed by atoms with Gasteiger partial charge in [0.2, 0.25) is 5.82 Å². The van der Waals surface area contributed by atoms with E-state index in [9.17, 15) is 10.2 Å². The molecule has 0 saturated heterocycles. The number of hydrogen-bond acceptors (Lipinski definition) is 6. The van der Waals surface area contributed by atoms with Crippen molar-refractivity contribution in [3.05, 3.63) is 42.5 Å². The molecular formula is C14H11N3O3. The summed E-state index contributed by atoms with van der Waals surface area (Å²) in [5.41, 5.74) is 6.84. The van der Waals surface area contributed by atoms with Gasteiger partial charge in [0.15, 0.2) is 0 Å². The molecule has 0 fully saturated rings. The molecule has 3 aromatic rings. The van der Waals surface area contributed by atoms with Crippen molar-refractivity contribution in [2.24, 2.45) is 0 Å². The molecule has 3 rings (SSSR count). The Morgan fingerprint density at radius 2 is 1.75 bits per heavy atom. The number of nitrogen functional groups attached to an aromatic ring is 1. The lowest BCUT2D eigenvalue weighted by atomic mass is 10.1. The molecule has 0 atom stereocenters. The summed E-state index contributed by atoms with van der Waals surface area (Å²) in [5, 5.41) is 23.4. The van der Waals surface area contributed by atoms with Crippen LogP contribution in [0.25, 0.3) is 22.8 Å². The molecule has 0 radical (unpaired) electrons. The van der Waals surface area contributed by atoms with Crippen LogP contribution < -0.4 is 5.73 Å². The van der Waals surface area contributed by atoms with Crippen molar-refractivity contribution >= 4 is 5.69 Å². The van der Waals surface area contributed by atoms with Gasteiger partial charge in [-0.2, -0.15) is 4.98 Å². The predicted octanol–water partition coefficient (Wildman–Crippen LogP) is 2.40. The normalized spacial score (nSPS) is 10.6. The lowest BCUT2D eigenvalue weighted by molar-refractivity contribution is 0.425. The third-order valence-electron chi connectivity index (χ3n) is 2.82. The zero-order chi connectivity index (χ0) is 14.1. The second kappa shape index (κ2) is 4.58. The Morgan fingerprint density at radius 3 is 2.50 bits per heavy atom. The molecule has 0 aliphatic heterocycles. The first-order valence-electron chi connectivity index (χ1n) is 5.86. The molecule has 2 aromatic carbocycles. The van der Waals surface area contributed by atoms with Gasteiger partial charge in [-0.25, -0.2) is 0 Å². The van der Waals surface area contributed by atoms with Crippen molar-refractivity contribution in [2.45, 2.75) is 0 Å². The first kappa shape index (κ1) is 12.0. The van der Waals surface area contributed by atoms with E-state index in [0.29, 0.717) is 16.8 Å². The molecular weight excluding hydrogens is 258 g/mol. The summed E-state index contributed by atoms with van der Waals surface area (Å²) in [5.74, 6) is 0.411. The highest BCUT2D eigenvalue weighted by molar-refractivity contribution is 5.69. The Balaban J connectivity index is 2.04. The van der Waals surface area contributed by atoms with Gasteiger partial charge in [-0.1, -0.05) is 17.3 Å². The van der Waals surface area contributed by atoms with Gasteiger partial charge in [0.25, 0.3) is 5.89 Å². The van der Waals surface area contributed by atoms with E-state index < -0.39 is 0 Å². The lowest BCUT2D eigenvalue weighted by Crippen LogP contribution is -1.86. The van der Waals surface area contributed by atoms with E-state index >= 15 is 0 Å². The van der Waals surface area contributed by atoms with E-state index in [1.165, 1.54) is 12.1 Å². The second-order valence-electron chi connectivity index (χ2n) is 4.22. The van der Waals surface area contributed by atoms with Crippen molar-refractivity contribution < 1.29 is 14.7 Å². The lowest BCUT2D eigenvalue weighted by Gasteiger charge is -2.00. The summed E-state index contributed by atoms with van der Waals surface area (Å²) in [6.07, 6.45) is 0. The van der Waals surface area contributed by atoms with E-state index in [-0.39, 0.29) is 23.2 Å². The molecule has 20 heavy (non-hydrogen) atoms. The molecule has 4 N–H and O–H groups in total. The summed E-state index contributed by atoms with van der Waals surface area (Å²) in [4.78, 5) is 4.16. The largest absolute Gasteiger partial charge is 0.507 e. The summed E-state index contributed by atoms with van der Waals surface area (Å²) in [6, 6.07) is 11.3. The number of nitrogens with zero attached hydrogens (tertiary/aromatic N) is 2. The number of hydrogen-bond donors (Lipinski definition) is 3. The molecule has 100 valence electrons. The van der Waals surface area contributed by atoms with Gasteiger partial charge in [-0.3, -0.25) is 0 Å². The molecule has 0 amide bonds. The third kappa shape index (κ3) is 2.03. The number of phenolic OH excluding ortho intramolecular Hbond substituents is 2. The van der Waals surface area contributed by atoms with Crippen molar-refractivity contribution in [1.29, 1.82) is 0 Å². The topological polar surface area (TPSA) is 105 Å². The highest BCUT2D eigenvalue weighted by Crippen LogP contribution is 2.32. The maximum atomic E-state index is 9.82. The molecule has 6 nitrogen and oxygen atoms in total. The van der Waals surface area contributed by atoms with Crippen LogP contribution in [-0.4, -0.2) is 20.4 Å². The van der Waals surface area contributed by atoms with Gasteiger partial charge in [-0.15, -0.1) is 0 Å². The third-order valence-corrected chi connectivity index (χ3v) is 2.82. The highest BCUT2D eigenvalue weighted by atomic mass is 16.5. The quantitative estimate of drug-likeness (QED) is 0.617. The molecule has 0 spiro atoms. The molecule has 1 aromatic heterocycles. The molecule has 1 heterocycles. The minimum atomic E-state index is -0.0440. The minimum absolute atomic E-state index is 0.0440. The molecule has 0 aliphatic rings. The van der Waals surface area contributed by atoms with Crippen molar-refractivity contribution in [3.63, 3.8) is 0 Å². The van der Waals surface area contributed by atoms with Crippen LogP contribution in [-0.2, 0) is 0 Å². The summed E-state index contributed by atoms with van der Waals surface area (Å²) in [7, 11) is 0. The van der Waals surface area contributed by atoms with Gasteiger partial charge in [0.05, 0.1) is 11.1 Å². The fourth-order valence-electron chi connectivity index (χ4n) is 1.83. The Bertz CT molecular complexity index is 768. The number of benzene rings is 2. The van der Waals surface area contributed by atoms with Crippen molar-refractivity contribution in [3.8, 4) is 34.3 Å². The number of para-hydroxylation sites is 1. The maximum Gasteiger partial charge on any atom is 0.262 e. The standard InChI is InChI=1S/C14H11N3O3/c15-8-5-6-10(12(19)7-8)14-16-13(17-20-14)9-3-1-2-4-11(9)18/h1-7,18-19H,15H2. The van der Waals surface area contributed by atoms with Crippen molar-refractivity contribution in [1.82, 2.24) is 10.1 Å². The molecule has 0 saturated carbocycles.